The van der Waals surface area contributed by atoms with Crippen molar-refractivity contribution in [2.75, 3.05) is 10.6 Å². The summed E-state index contributed by atoms with van der Waals surface area (Å²) in [4.78, 5) is 35.4. The molecule has 2 aromatic rings. The predicted molar refractivity (Wildman–Crippen MR) is 104 cm³/mol. The summed E-state index contributed by atoms with van der Waals surface area (Å²) in [5.41, 5.74) is 3.20. The van der Waals surface area contributed by atoms with Crippen molar-refractivity contribution < 1.29 is 19.5 Å². The highest BCUT2D eigenvalue weighted by molar-refractivity contribution is 6.04. The smallest absolute Gasteiger partial charge is 0.305 e. The summed E-state index contributed by atoms with van der Waals surface area (Å²) in [7, 11) is 0. The highest BCUT2D eigenvalue weighted by atomic mass is 16.4. The average molecular weight is 381 g/mol. The van der Waals surface area contributed by atoms with E-state index in [0.29, 0.717) is 16.9 Å². The molecule has 0 fully saturated rings. The van der Waals surface area contributed by atoms with Crippen LogP contribution in [0.2, 0.25) is 0 Å². The molecule has 1 aliphatic rings. The number of hydrogen-bond donors (Lipinski definition) is 5. The van der Waals surface area contributed by atoms with E-state index in [0.717, 1.165) is 11.1 Å². The monoisotopic (exact) mass is 381 g/mol. The zero-order valence-electron chi connectivity index (χ0n) is 14.8. The first-order chi connectivity index (χ1) is 13.5. The quantitative estimate of drug-likeness (QED) is 0.298. The van der Waals surface area contributed by atoms with Gasteiger partial charge in [0.2, 0.25) is 5.91 Å². The van der Waals surface area contributed by atoms with Gasteiger partial charge < -0.3 is 26.9 Å². The van der Waals surface area contributed by atoms with E-state index in [-0.39, 0.29) is 24.8 Å². The fraction of sp³-hybridized carbons (Fsp3) is 0.158. The average Bonchev–Trinajstić information content (AvgIpc) is 2.81. The van der Waals surface area contributed by atoms with Crippen LogP contribution in [0.5, 0.6) is 0 Å². The molecule has 9 heteroatoms. The van der Waals surface area contributed by atoms with E-state index in [2.05, 4.69) is 21.1 Å². The molecule has 1 heterocycles. The SMILES string of the molecule is NN=Cc1ccc(C(=O)Nc2ccc3c(c2)CNC(=O)[C@H](CC(=O)O)N3)cc1. The van der Waals surface area contributed by atoms with Gasteiger partial charge in [0.05, 0.1) is 12.6 Å². The number of carbonyl (C=O) groups excluding carboxylic acids is 2. The first kappa shape index (κ1) is 18.9. The third-order valence-electron chi connectivity index (χ3n) is 4.24. The molecule has 2 aromatic carbocycles. The molecule has 9 nitrogen and oxygen atoms in total. The maximum atomic E-state index is 12.4. The van der Waals surface area contributed by atoms with Gasteiger partial charge in [0.15, 0.2) is 0 Å². The van der Waals surface area contributed by atoms with Crippen LogP contribution in [0.4, 0.5) is 11.4 Å². The number of benzene rings is 2. The number of fused-ring (bicyclic) bond motifs is 1. The van der Waals surface area contributed by atoms with Gasteiger partial charge in [-0.15, -0.1) is 0 Å². The van der Waals surface area contributed by atoms with E-state index in [1.807, 2.05) is 0 Å². The van der Waals surface area contributed by atoms with E-state index in [1.165, 1.54) is 6.21 Å². The molecular weight excluding hydrogens is 362 g/mol. The molecule has 0 aliphatic carbocycles. The molecule has 144 valence electrons. The summed E-state index contributed by atoms with van der Waals surface area (Å²) < 4.78 is 0. The van der Waals surface area contributed by atoms with Gasteiger partial charge >= 0.3 is 5.97 Å². The molecule has 0 spiro atoms. The molecule has 1 atom stereocenters. The number of nitrogens with one attached hydrogen (secondary N) is 3. The topological polar surface area (TPSA) is 146 Å². The normalized spacial score (nSPS) is 15.9. The van der Waals surface area contributed by atoms with E-state index in [9.17, 15) is 14.4 Å². The fourth-order valence-electron chi connectivity index (χ4n) is 2.85. The summed E-state index contributed by atoms with van der Waals surface area (Å²) in [5.74, 6) is 3.36. The highest BCUT2D eigenvalue weighted by Gasteiger charge is 2.25. The van der Waals surface area contributed by atoms with E-state index < -0.39 is 12.0 Å². The van der Waals surface area contributed by atoms with Crippen LogP contribution in [0.1, 0.15) is 27.9 Å². The highest BCUT2D eigenvalue weighted by Crippen LogP contribution is 2.24. The van der Waals surface area contributed by atoms with Crippen LogP contribution >= 0.6 is 0 Å². The maximum absolute atomic E-state index is 12.4. The largest absolute Gasteiger partial charge is 0.481 e. The van der Waals surface area contributed by atoms with Gasteiger partial charge in [-0.25, -0.2) is 0 Å². The van der Waals surface area contributed by atoms with Crippen molar-refractivity contribution in [3.63, 3.8) is 0 Å². The fourth-order valence-corrected chi connectivity index (χ4v) is 2.85. The van der Waals surface area contributed by atoms with Gasteiger partial charge in [-0.05, 0) is 41.5 Å². The number of hydrogen-bond acceptors (Lipinski definition) is 6. The minimum Gasteiger partial charge on any atom is -0.481 e. The summed E-state index contributed by atoms with van der Waals surface area (Å²) in [5, 5.41) is 20.8. The molecular formula is C19H19N5O4. The van der Waals surface area contributed by atoms with E-state index in [1.54, 1.807) is 42.5 Å². The van der Waals surface area contributed by atoms with Crippen LogP contribution in [0.15, 0.2) is 47.6 Å². The number of carboxylic acids is 1. The van der Waals surface area contributed by atoms with Crippen LogP contribution in [-0.4, -0.2) is 35.1 Å². The molecule has 0 bridgehead atoms. The zero-order chi connectivity index (χ0) is 20.1. The third-order valence-corrected chi connectivity index (χ3v) is 4.24. The van der Waals surface area contributed by atoms with Gasteiger partial charge in [0, 0.05) is 23.5 Å². The first-order valence-corrected chi connectivity index (χ1v) is 8.50. The Hall–Kier alpha value is -3.88. The van der Waals surface area contributed by atoms with Crippen molar-refractivity contribution in [2.45, 2.75) is 19.0 Å². The molecule has 2 amide bonds. The molecule has 0 saturated carbocycles. The standard InChI is InChI=1S/C19H19N5O4/c20-22-9-11-1-3-12(4-2-11)18(27)23-14-5-6-15-13(7-14)10-21-19(28)16(24-15)8-17(25)26/h1-7,9,16,24H,8,10,20H2,(H,21,28)(H,23,27)(H,25,26)/t16-/m0/s1. The molecule has 6 N–H and O–H groups in total. The Balaban J connectivity index is 1.74. The number of anilines is 2. The Morgan fingerprint density at radius 3 is 2.68 bits per heavy atom. The van der Waals surface area contributed by atoms with Crippen molar-refractivity contribution in [3.05, 3.63) is 59.2 Å². The van der Waals surface area contributed by atoms with Crippen LogP contribution < -0.4 is 21.8 Å². The van der Waals surface area contributed by atoms with Gasteiger partial charge in [0.25, 0.3) is 5.91 Å². The zero-order valence-corrected chi connectivity index (χ0v) is 14.8. The van der Waals surface area contributed by atoms with Crippen molar-refractivity contribution in [2.24, 2.45) is 10.9 Å². The number of amides is 2. The summed E-state index contributed by atoms with van der Waals surface area (Å²) in [6, 6.07) is 11.1. The number of hydrazone groups is 1. The second-order valence-electron chi connectivity index (χ2n) is 6.24. The van der Waals surface area contributed by atoms with Crippen molar-refractivity contribution in [1.29, 1.82) is 0 Å². The lowest BCUT2D eigenvalue weighted by Gasteiger charge is -2.15. The lowest BCUT2D eigenvalue weighted by Crippen LogP contribution is -2.38. The molecule has 0 saturated heterocycles. The third kappa shape index (κ3) is 4.44. The second-order valence-corrected chi connectivity index (χ2v) is 6.24. The minimum atomic E-state index is -1.07. The predicted octanol–water partition coefficient (Wildman–Crippen LogP) is 1.12. The number of nitrogens with two attached hydrogens (primary N) is 1. The Kier molecular flexibility index (Phi) is 5.54. The van der Waals surface area contributed by atoms with E-state index in [4.69, 9.17) is 10.9 Å². The summed E-state index contributed by atoms with van der Waals surface area (Å²) in [6.07, 6.45) is 1.15. The van der Waals surface area contributed by atoms with E-state index >= 15 is 0 Å². The van der Waals surface area contributed by atoms with Crippen molar-refractivity contribution >= 4 is 35.4 Å². The van der Waals surface area contributed by atoms with Gasteiger partial charge in [-0.1, -0.05) is 12.1 Å². The Morgan fingerprint density at radius 1 is 1.25 bits per heavy atom. The lowest BCUT2D eigenvalue weighted by atomic mass is 10.1. The van der Waals surface area contributed by atoms with Crippen molar-refractivity contribution in [1.82, 2.24) is 5.32 Å². The van der Waals surface area contributed by atoms with Crippen LogP contribution in [0.25, 0.3) is 0 Å². The minimum absolute atomic E-state index is 0.230. The molecule has 3 rings (SSSR count). The van der Waals surface area contributed by atoms with Crippen LogP contribution in [-0.2, 0) is 16.1 Å². The number of aliphatic carboxylic acids is 1. The number of nitrogens with zero attached hydrogens (tertiary/aromatic N) is 1. The molecule has 28 heavy (non-hydrogen) atoms. The number of carboxylic acid groups (broad SMARTS) is 1. The number of rotatable bonds is 5. The maximum Gasteiger partial charge on any atom is 0.305 e. The van der Waals surface area contributed by atoms with Crippen molar-refractivity contribution in [3.8, 4) is 0 Å². The second kappa shape index (κ2) is 8.21. The lowest BCUT2D eigenvalue weighted by molar-refractivity contribution is -0.139. The van der Waals surface area contributed by atoms with Crippen LogP contribution in [0, 0.1) is 0 Å². The number of carbonyl (C=O) groups is 3. The van der Waals surface area contributed by atoms with Gasteiger partial charge in [-0.2, -0.15) is 5.10 Å². The molecule has 0 aromatic heterocycles. The Bertz CT molecular complexity index is 940. The summed E-state index contributed by atoms with van der Waals surface area (Å²) >= 11 is 0. The molecule has 1 aliphatic heterocycles. The Labute approximate surface area is 160 Å². The first-order valence-electron chi connectivity index (χ1n) is 8.50. The van der Waals surface area contributed by atoms with Gasteiger partial charge in [0.1, 0.15) is 6.04 Å². The van der Waals surface area contributed by atoms with Gasteiger partial charge in [-0.3, -0.25) is 14.4 Å². The molecule has 0 unspecified atom stereocenters. The Morgan fingerprint density at radius 2 is 2.00 bits per heavy atom. The molecule has 0 radical (unpaired) electrons. The summed E-state index contributed by atoms with van der Waals surface area (Å²) in [6.45, 7) is 0.230. The van der Waals surface area contributed by atoms with Crippen LogP contribution in [0.3, 0.4) is 0 Å².